The minimum absolute atomic E-state index is 0.0271. The predicted molar refractivity (Wildman–Crippen MR) is 147 cm³/mol. The van der Waals surface area contributed by atoms with Crippen LogP contribution < -0.4 is 21.8 Å². The van der Waals surface area contributed by atoms with Gasteiger partial charge in [-0.25, -0.2) is 9.82 Å². The van der Waals surface area contributed by atoms with Gasteiger partial charge in [0.2, 0.25) is 0 Å². The summed E-state index contributed by atoms with van der Waals surface area (Å²) in [7, 11) is 3.52. The number of likely N-dealkylation sites (N-methyl/N-ethyl adjacent to an activating group) is 1. The predicted octanol–water partition coefficient (Wildman–Crippen LogP) is 3.42. The molecule has 1 saturated carbocycles. The highest BCUT2D eigenvalue weighted by Gasteiger charge is 2.38. The smallest absolute Gasteiger partial charge is 0.256 e. The molecule has 198 valence electrons. The minimum Gasteiger partial charge on any atom is -0.366 e. The zero-order valence-corrected chi connectivity index (χ0v) is 21.7. The summed E-state index contributed by atoms with van der Waals surface area (Å²) in [6, 6.07) is 20.5. The number of carbonyl (C=O) groups excluding carboxylic acids is 1. The molecule has 9 heteroatoms. The summed E-state index contributed by atoms with van der Waals surface area (Å²) in [4.78, 5) is 19.4. The van der Waals surface area contributed by atoms with E-state index >= 15 is 0 Å². The number of hydrogen-bond acceptors (Lipinski definition) is 7. The van der Waals surface area contributed by atoms with Crippen molar-refractivity contribution in [2.75, 3.05) is 19.4 Å². The minimum atomic E-state index is -0.441. The van der Waals surface area contributed by atoms with Crippen molar-refractivity contribution in [3.05, 3.63) is 95.7 Å². The lowest BCUT2D eigenvalue weighted by Gasteiger charge is -2.28. The van der Waals surface area contributed by atoms with Crippen LogP contribution in [0.25, 0.3) is 11.3 Å². The van der Waals surface area contributed by atoms with E-state index in [0.29, 0.717) is 17.8 Å². The van der Waals surface area contributed by atoms with Crippen LogP contribution in [0, 0.1) is 5.82 Å². The van der Waals surface area contributed by atoms with Gasteiger partial charge in [-0.2, -0.15) is 0 Å². The molecule has 2 aromatic carbocycles. The number of rotatable bonds is 8. The van der Waals surface area contributed by atoms with E-state index in [4.69, 9.17) is 5.73 Å². The van der Waals surface area contributed by atoms with Crippen molar-refractivity contribution in [1.82, 2.24) is 25.6 Å². The van der Waals surface area contributed by atoms with Crippen LogP contribution in [-0.4, -0.2) is 53.1 Å². The number of anilines is 1. The standard InChI is InChI=1S/C29H34FN7O/c1-36(2)29(38)26-27(33-22-7-4-3-5-8-22)35-37(28(26)34-24-10-6-9-23(24)31)18-19-11-13-20(14-12-19)25-17-21(30)15-16-32-25/h3-5,7-8,11-17,23-24,27,33-35H,6,9-10,18,31H2,1-2H3/t23-,24+,27?/m1/s1. The van der Waals surface area contributed by atoms with Gasteiger partial charge in [0, 0.05) is 49.7 Å². The fourth-order valence-corrected chi connectivity index (χ4v) is 4.99. The Morgan fingerprint density at radius 3 is 2.53 bits per heavy atom. The number of nitrogens with zero attached hydrogens (tertiary/aromatic N) is 3. The molecule has 5 rings (SSSR count). The monoisotopic (exact) mass is 515 g/mol. The Balaban J connectivity index is 1.45. The zero-order chi connectivity index (χ0) is 26.6. The lowest BCUT2D eigenvalue weighted by atomic mass is 10.1. The van der Waals surface area contributed by atoms with Crippen molar-refractivity contribution in [2.45, 2.75) is 44.1 Å². The van der Waals surface area contributed by atoms with E-state index in [9.17, 15) is 9.18 Å². The third kappa shape index (κ3) is 5.64. The van der Waals surface area contributed by atoms with Crippen LogP contribution in [0.2, 0.25) is 0 Å². The lowest BCUT2D eigenvalue weighted by Crippen LogP contribution is -2.46. The molecule has 3 aromatic rings. The van der Waals surface area contributed by atoms with Gasteiger partial charge in [-0.3, -0.25) is 14.8 Å². The molecule has 1 unspecified atom stereocenters. The second kappa shape index (κ2) is 11.2. The highest BCUT2D eigenvalue weighted by molar-refractivity contribution is 5.96. The molecule has 1 aliphatic heterocycles. The number of hydrogen-bond donors (Lipinski definition) is 4. The lowest BCUT2D eigenvalue weighted by molar-refractivity contribution is -0.125. The van der Waals surface area contributed by atoms with Gasteiger partial charge in [0.1, 0.15) is 17.8 Å². The number of pyridine rings is 1. The molecular weight excluding hydrogens is 481 g/mol. The van der Waals surface area contributed by atoms with Crippen LogP contribution in [0.5, 0.6) is 0 Å². The number of carbonyl (C=O) groups is 1. The Hall–Kier alpha value is -3.95. The molecule has 1 aliphatic carbocycles. The van der Waals surface area contributed by atoms with Crippen LogP contribution in [0.4, 0.5) is 10.1 Å². The van der Waals surface area contributed by atoms with Crippen LogP contribution in [0.15, 0.2) is 84.3 Å². The zero-order valence-electron chi connectivity index (χ0n) is 21.7. The molecule has 38 heavy (non-hydrogen) atoms. The van der Waals surface area contributed by atoms with E-state index in [0.717, 1.165) is 41.9 Å². The maximum absolute atomic E-state index is 13.7. The summed E-state index contributed by atoms with van der Waals surface area (Å²) in [5.41, 5.74) is 13.9. The van der Waals surface area contributed by atoms with Crippen LogP contribution in [-0.2, 0) is 11.3 Å². The Bertz CT molecular complexity index is 1300. The molecule has 1 aromatic heterocycles. The molecule has 0 radical (unpaired) electrons. The molecule has 5 N–H and O–H groups in total. The summed E-state index contributed by atoms with van der Waals surface area (Å²) in [5.74, 6) is 0.326. The molecule has 8 nitrogen and oxygen atoms in total. The normalized spacial score (nSPS) is 21.1. The number of amides is 1. The molecule has 1 amide bonds. The van der Waals surface area contributed by atoms with Crippen LogP contribution in [0.3, 0.4) is 0 Å². The summed E-state index contributed by atoms with van der Waals surface area (Å²) in [5, 5.41) is 9.08. The molecule has 0 spiro atoms. The summed E-state index contributed by atoms with van der Waals surface area (Å²) in [6.45, 7) is 0.498. The number of para-hydroxylation sites is 1. The number of nitrogens with two attached hydrogens (primary N) is 1. The first-order valence-electron chi connectivity index (χ1n) is 12.9. The molecule has 2 heterocycles. The third-order valence-electron chi connectivity index (χ3n) is 7.02. The number of halogens is 1. The Labute approximate surface area is 222 Å². The Morgan fingerprint density at radius 2 is 1.87 bits per heavy atom. The number of hydrazine groups is 1. The highest BCUT2D eigenvalue weighted by atomic mass is 19.1. The summed E-state index contributed by atoms with van der Waals surface area (Å²) in [6.07, 6.45) is 3.98. The first kappa shape index (κ1) is 25.7. The van der Waals surface area contributed by atoms with Gasteiger partial charge < -0.3 is 21.3 Å². The largest absolute Gasteiger partial charge is 0.366 e. The van der Waals surface area contributed by atoms with Gasteiger partial charge in [0.25, 0.3) is 5.91 Å². The average Bonchev–Trinajstić information content (AvgIpc) is 3.47. The van der Waals surface area contributed by atoms with Crippen molar-refractivity contribution in [3.63, 3.8) is 0 Å². The van der Waals surface area contributed by atoms with Crippen molar-refractivity contribution in [2.24, 2.45) is 5.73 Å². The Morgan fingerprint density at radius 1 is 1.11 bits per heavy atom. The fraction of sp³-hybridized carbons (Fsp3) is 0.310. The maximum Gasteiger partial charge on any atom is 0.256 e. The SMILES string of the molecule is CN(C)C(=O)C1=C(N[C@H]2CCC[C@H]2N)N(Cc2ccc(-c3cc(F)ccn3)cc2)NC1Nc1ccccc1. The Kier molecular flexibility index (Phi) is 7.57. The van der Waals surface area contributed by atoms with Crippen LogP contribution >= 0.6 is 0 Å². The van der Waals surface area contributed by atoms with E-state index < -0.39 is 6.17 Å². The second-order valence-corrected chi connectivity index (χ2v) is 10.0. The molecule has 3 atom stereocenters. The first-order chi connectivity index (χ1) is 18.4. The van der Waals surface area contributed by atoms with Gasteiger partial charge >= 0.3 is 0 Å². The fourth-order valence-electron chi connectivity index (χ4n) is 4.99. The number of aromatic nitrogens is 1. The van der Waals surface area contributed by atoms with Crippen molar-refractivity contribution in [3.8, 4) is 11.3 Å². The first-order valence-corrected chi connectivity index (χ1v) is 12.9. The van der Waals surface area contributed by atoms with E-state index in [1.807, 2.05) is 59.6 Å². The van der Waals surface area contributed by atoms with E-state index in [2.05, 4.69) is 21.0 Å². The number of nitrogens with one attached hydrogen (secondary N) is 3. The second-order valence-electron chi connectivity index (χ2n) is 10.0. The van der Waals surface area contributed by atoms with Gasteiger partial charge in [0.15, 0.2) is 0 Å². The van der Waals surface area contributed by atoms with E-state index in [1.165, 1.54) is 18.3 Å². The van der Waals surface area contributed by atoms with Crippen LogP contribution in [0.1, 0.15) is 24.8 Å². The van der Waals surface area contributed by atoms with Gasteiger partial charge in [-0.1, -0.05) is 42.5 Å². The molecule has 0 saturated heterocycles. The topological polar surface area (TPSA) is 98.6 Å². The van der Waals surface area contributed by atoms with Crippen molar-refractivity contribution in [1.29, 1.82) is 0 Å². The third-order valence-corrected chi connectivity index (χ3v) is 7.02. The van der Waals surface area contributed by atoms with Gasteiger partial charge in [-0.05, 0) is 43.0 Å². The van der Waals surface area contributed by atoms with Crippen molar-refractivity contribution < 1.29 is 9.18 Å². The molecule has 2 aliphatic rings. The average molecular weight is 516 g/mol. The maximum atomic E-state index is 13.7. The van der Waals surface area contributed by atoms with E-state index in [-0.39, 0.29) is 23.8 Å². The number of benzene rings is 2. The molecule has 1 fully saturated rings. The van der Waals surface area contributed by atoms with Gasteiger partial charge in [0.05, 0.1) is 17.8 Å². The van der Waals surface area contributed by atoms with E-state index in [1.54, 1.807) is 19.0 Å². The quantitative estimate of drug-likeness (QED) is 0.365. The van der Waals surface area contributed by atoms with Gasteiger partial charge in [-0.15, -0.1) is 0 Å². The molecular formula is C29H34FN7O. The molecule has 0 bridgehead atoms. The summed E-state index contributed by atoms with van der Waals surface area (Å²) >= 11 is 0. The highest BCUT2D eigenvalue weighted by Crippen LogP contribution is 2.28. The summed E-state index contributed by atoms with van der Waals surface area (Å²) < 4.78 is 13.7. The van der Waals surface area contributed by atoms with Crippen molar-refractivity contribution >= 4 is 11.6 Å².